The van der Waals surface area contributed by atoms with Gasteiger partial charge in [0.2, 0.25) is 0 Å². The van der Waals surface area contributed by atoms with Crippen LogP contribution in [-0.4, -0.2) is 32.1 Å². The number of benzene rings is 3. The molecule has 3 aromatic carbocycles. The van der Waals surface area contributed by atoms with Crippen molar-refractivity contribution in [2.24, 2.45) is 5.73 Å². The standard InChI is InChI=1S/C35H53O2P.C8H10N.Pd/c1-23(2)26-21-29(24(3)4)33(30(22-26)25(5)6)34-31(36-7)19-20-32(37-8)35(34)38(27-15-11-9-12-16-27)28-17-13-10-14-18-28;9-7-6-8-4-2-1-3-5-8;/h19-25,27-28H,9-18H2,1-8H3;1-4H,6-7,9H2;/q;-1;. The maximum atomic E-state index is 6.29. The zero-order chi connectivity index (χ0) is 33.9. The Morgan fingerprint density at radius 1 is 0.708 bits per heavy atom. The molecule has 2 aliphatic carbocycles. The van der Waals surface area contributed by atoms with E-state index < -0.39 is 0 Å². The van der Waals surface area contributed by atoms with Crippen LogP contribution in [0, 0.1) is 6.07 Å². The maximum Gasteiger partial charge on any atom is 0.127 e. The van der Waals surface area contributed by atoms with E-state index >= 15 is 0 Å². The van der Waals surface area contributed by atoms with Crippen molar-refractivity contribution in [1.82, 2.24) is 0 Å². The van der Waals surface area contributed by atoms with Crippen LogP contribution in [0.1, 0.15) is 146 Å². The molecule has 0 heterocycles. The minimum Gasteiger partial charge on any atom is -0.496 e. The third-order valence-corrected chi connectivity index (χ3v) is 13.9. The van der Waals surface area contributed by atoms with Gasteiger partial charge in [-0.25, -0.2) is 0 Å². The Morgan fingerprint density at radius 3 is 1.65 bits per heavy atom. The van der Waals surface area contributed by atoms with Gasteiger partial charge in [0.05, 0.1) is 14.2 Å². The van der Waals surface area contributed by atoms with Crippen molar-refractivity contribution < 1.29 is 29.9 Å². The summed E-state index contributed by atoms with van der Waals surface area (Å²) < 4.78 is 12.6. The van der Waals surface area contributed by atoms with Crippen LogP contribution in [0.15, 0.2) is 48.5 Å². The zero-order valence-electron chi connectivity index (χ0n) is 31.1. The van der Waals surface area contributed by atoms with Gasteiger partial charge in [0.1, 0.15) is 11.5 Å². The molecule has 2 N–H and O–H groups in total. The fraction of sp³-hybridized carbons (Fsp3) is 0.581. The van der Waals surface area contributed by atoms with Gasteiger partial charge in [0.15, 0.2) is 0 Å². The molecule has 0 saturated heterocycles. The molecule has 0 bridgehead atoms. The molecule has 2 fully saturated rings. The Balaban J connectivity index is 0.000000541. The van der Waals surface area contributed by atoms with E-state index in [1.54, 1.807) is 0 Å². The summed E-state index contributed by atoms with van der Waals surface area (Å²) in [7, 11) is 3.38. The van der Waals surface area contributed by atoms with Gasteiger partial charge in [0, 0.05) is 31.3 Å². The molecule has 2 aliphatic rings. The summed E-state index contributed by atoms with van der Waals surface area (Å²) >= 11 is 0. The molecule has 48 heavy (non-hydrogen) atoms. The fourth-order valence-electron chi connectivity index (χ4n) is 7.75. The van der Waals surface area contributed by atoms with Gasteiger partial charge in [-0.3, -0.25) is 0 Å². The normalized spacial score (nSPS) is 15.8. The molecule has 0 atom stereocenters. The zero-order valence-corrected chi connectivity index (χ0v) is 33.6. The van der Waals surface area contributed by atoms with Crippen LogP contribution < -0.4 is 20.5 Å². The van der Waals surface area contributed by atoms with Crippen molar-refractivity contribution in [3.05, 3.63) is 76.9 Å². The van der Waals surface area contributed by atoms with Crippen molar-refractivity contribution in [1.29, 1.82) is 0 Å². The van der Waals surface area contributed by atoms with E-state index in [0.29, 0.717) is 24.3 Å². The Morgan fingerprint density at radius 2 is 1.23 bits per heavy atom. The number of hydrogen-bond acceptors (Lipinski definition) is 3. The first-order valence-corrected chi connectivity index (χ1v) is 20.1. The quantitative estimate of drug-likeness (QED) is 0.120. The van der Waals surface area contributed by atoms with Gasteiger partial charge >= 0.3 is 0 Å². The molecule has 0 radical (unpaired) electrons. The first-order valence-electron chi connectivity index (χ1n) is 18.6. The molecule has 0 amide bonds. The second kappa shape index (κ2) is 20.2. The molecular weight excluding hydrogens is 700 g/mol. The Bertz CT molecular complexity index is 1330. The fourth-order valence-corrected chi connectivity index (χ4v) is 11.8. The maximum absolute atomic E-state index is 6.29. The van der Waals surface area contributed by atoms with Crippen molar-refractivity contribution in [3.8, 4) is 22.6 Å². The second-order valence-electron chi connectivity index (χ2n) is 14.6. The van der Waals surface area contributed by atoms with E-state index in [4.69, 9.17) is 15.2 Å². The summed E-state index contributed by atoms with van der Waals surface area (Å²) in [6, 6.07) is 20.4. The Labute approximate surface area is 309 Å². The number of methoxy groups -OCH3 is 2. The average molecular weight is 763 g/mol. The molecule has 5 rings (SSSR count). The molecule has 0 aromatic heterocycles. The van der Waals surface area contributed by atoms with Gasteiger partial charge in [0.25, 0.3) is 0 Å². The molecule has 3 nitrogen and oxygen atoms in total. The van der Waals surface area contributed by atoms with Gasteiger partial charge in [-0.05, 0) is 102 Å². The molecule has 0 unspecified atom stereocenters. The van der Waals surface area contributed by atoms with E-state index in [1.807, 2.05) is 38.5 Å². The van der Waals surface area contributed by atoms with E-state index in [9.17, 15) is 0 Å². The summed E-state index contributed by atoms with van der Waals surface area (Å²) in [5, 5.41) is 1.52. The summed E-state index contributed by atoms with van der Waals surface area (Å²) in [6.07, 6.45) is 14.8. The van der Waals surface area contributed by atoms with Crippen LogP contribution in [0.25, 0.3) is 11.1 Å². The van der Waals surface area contributed by atoms with Crippen LogP contribution >= 0.6 is 7.92 Å². The Hall–Kier alpha value is -1.69. The number of ether oxygens (including phenoxy) is 2. The van der Waals surface area contributed by atoms with Crippen LogP contribution in [0.4, 0.5) is 0 Å². The van der Waals surface area contributed by atoms with E-state index in [0.717, 1.165) is 29.2 Å². The molecule has 268 valence electrons. The summed E-state index contributed by atoms with van der Waals surface area (Å²) in [5.74, 6) is 3.50. The van der Waals surface area contributed by atoms with Crippen molar-refractivity contribution in [3.63, 3.8) is 0 Å². The van der Waals surface area contributed by atoms with Gasteiger partial charge < -0.3 is 15.2 Å². The summed E-state index contributed by atoms with van der Waals surface area (Å²) in [6.45, 7) is 14.8. The van der Waals surface area contributed by atoms with Crippen LogP contribution in [0.5, 0.6) is 11.5 Å². The van der Waals surface area contributed by atoms with Gasteiger partial charge in [-0.1, -0.05) is 100 Å². The number of hydrogen-bond donors (Lipinski definition) is 1. The first kappa shape index (κ1) is 40.7. The van der Waals surface area contributed by atoms with Crippen molar-refractivity contribution in [2.75, 3.05) is 20.8 Å². The topological polar surface area (TPSA) is 44.5 Å². The van der Waals surface area contributed by atoms with Crippen molar-refractivity contribution in [2.45, 2.75) is 141 Å². The largest absolute Gasteiger partial charge is 0.496 e. The predicted molar refractivity (Wildman–Crippen MR) is 206 cm³/mol. The summed E-state index contributed by atoms with van der Waals surface area (Å²) in [5.41, 5.74) is 15.3. The molecule has 0 aliphatic heterocycles. The van der Waals surface area contributed by atoms with Crippen LogP contribution in [0.2, 0.25) is 0 Å². The Kier molecular flexibility index (Phi) is 17.2. The molecule has 5 heteroatoms. The number of rotatable bonds is 11. The average Bonchev–Trinajstić information content (AvgIpc) is 3.09. The minimum absolute atomic E-state index is 0. The van der Waals surface area contributed by atoms with E-state index in [2.05, 4.69) is 71.9 Å². The predicted octanol–water partition coefficient (Wildman–Crippen LogP) is 11.5. The van der Waals surface area contributed by atoms with Crippen molar-refractivity contribution >= 4 is 13.2 Å². The molecular formula is C43H63NO2PPd-. The van der Waals surface area contributed by atoms with Crippen LogP contribution in [0.3, 0.4) is 0 Å². The van der Waals surface area contributed by atoms with Crippen LogP contribution in [-0.2, 0) is 26.8 Å². The first-order chi connectivity index (χ1) is 22.7. The monoisotopic (exact) mass is 762 g/mol. The minimum atomic E-state index is -0.373. The third-order valence-electron chi connectivity index (χ3n) is 10.3. The number of nitrogens with two attached hydrogens (primary N) is 1. The van der Waals surface area contributed by atoms with Gasteiger partial charge in [-0.2, -0.15) is 35.9 Å². The molecule has 0 spiro atoms. The summed E-state index contributed by atoms with van der Waals surface area (Å²) in [4.78, 5) is 0. The second-order valence-corrected chi connectivity index (χ2v) is 17.4. The van der Waals surface area contributed by atoms with E-state index in [-0.39, 0.29) is 28.3 Å². The molecule has 2 saturated carbocycles. The molecule has 3 aromatic rings. The third kappa shape index (κ3) is 10.2. The smallest absolute Gasteiger partial charge is 0.127 e. The SMILES string of the molecule is COc1ccc(OC)c(P(C2CCCCC2)C2CCCCC2)c1-c1c(C(C)C)cc(C(C)C)cc1C(C)C.NCCc1[c-]cccc1.[Pd]. The van der Waals surface area contributed by atoms with E-state index in [1.165, 1.54) is 103 Å². The van der Waals surface area contributed by atoms with Gasteiger partial charge in [-0.15, -0.1) is 0 Å².